The fourth-order valence-electron chi connectivity index (χ4n) is 1.38. The Morgan fingerprint density at radius 1 is 1.33 bits per heavy atom. The van der Waals surface area contributed by atoms with E-state index < -0.39 is 12.7 Å². The highest BCUT2D eigenvalue weighted by atomic mass is 35.5. The predicted octanol–water partition coefficient (Wildman–Crippen LogP) is 3.43. The molecular weight excluding hydrogens is 267 g/mol. The molecule has 0 saturated carbocycles. The zero-order valence-electron chi connectivity index (χ0n) is 9.98. The summed E-state index contributed by atoms with van der Waals surface area (Å²) in [6.07, 6.45) is -3.40. The van der Waals surface area contributed by atoms with Crippen LogP contribution in [-0.4, -0.2) is 25.9 Å². The lowest BCUT2D eigenvalue weighted by Crippen LogP contribution is -2.31. The molecule has 1 N–H and O–H groups in total. The molecule has 2 nitrogen and oxygen atoms in total. The lowest BCUT2D eigenvalue weighted by molar-refractivity contribution is -0.124. The highest BCUT2D eigenvalue weighted by molar-refractivity contribution is 6.31. The van der Waals surface area contributed by atoms with Gasteiger partial charge in [0.15, 0.2) is 0 Å². The summed E-state index contributed by atoms with van der Waals surface area (Å²) in [6, 6.07) is 5.22. The molecule has 1 aromatic carbocycles. The molecule has 0 radical (unpaired) electrons. The largest absolute Gasteiger partial charge is 0.492 e. The zero-order chi connectivity index (χ0) is 13.6. The summed E-state index contributed by atoms with van der Waals surface area (Å²) in [6.45, 7) is 1.29. The van der Waals surface area contributed by atoms with Crippen molar-refractivity contribution in [2.75, 3.05) is 19.7 Å². The van der Waals surface area contributed by atoms with E-state index in [9.17, 15) is 13.2 Å². The van der Waals surface area contributed by atoms with Crippen LogP contribution in [0.1, 0.15) is 12.5 Å². The van der Waals surface area contributed by atoms with Crippen molar-refractivity contribution in [3.8, 4) is 5.75 Å². The van der Waals surface area contributed by atoms with E-state index in [1.807, 2.05) is 6.92 Å². The molecule has 0 unspecified atom stereocenters. The summed E-state index contributed by atoms with van der Waals surface area (Å²) in [7, 11) is 0. The molecule has 0 bridgehead atoms. The van der Waals surface area contributed by atoms with Crippen molar-refractivity contribution >= 4 is 11.6 Å². The van der Waals surface area contributed by atoms with Crippen LogP contribution in [-0.2, 0) is 6.42 Å². The average molecular weight is 282 g/mol. The third-order valence-corrected chi connectivity index (χ3v) is 2.64. The van der Waals surface area contributed by atoms with E-state index in [-0.39, 0.29) is 13.2 Å². The summed E-state index contributed by atoms with van der Waals surface area (Å²) >= 11 is 5.94. The molecule has 0 aromatic heterocycles. The SMILES string of the molecule is CCc1cc(OCCNCC(F)(F)F)ccc1Cl. The number of alkyl halides is 3. The molecule has 0 aliphatic carbocycles. The number of hydrogen-bond donors (Lipinski definition) is 1. The molecule has 102 valence electrons. The average Bonchev–Trinajstić information content (AvgIpc) is 2.29. The number of hydrogen-bond acceptors (Lipinski definition) is 2. The highest BCUT2D eigenvalue weighted by Gasteiger charge is 2.25. The van der Waals surface area contributed by atoms with Gasteiger partial charge in [-0.15, -0.1) is 0 Å². The van der Waals surface area contributed by atoms with Crippen LogP contribution in [0.2, 0.25) is 5.02 Å². The lowest BCUT2D eigenvalue weighted by atomic mass is 10.1. The Morgan fingerprint density at radius 3 is 2.67 bits per heavy atom. The minimum absolute atomic E-state index is 0.142. The molecule has 1 rings (SSSR count). The molecule has 0 saturated heterocycles. The maximum Gasteiger partial charge on any atom is 0.401 e. The van der Waals surface area contributed by atoms with Gasteiger partial charge < -0.3 is 10.1 Å². The molecule has 0 atom stereocenters. The van der Waals surface area contributed by atoms with Crippen molar-refractivity contribution in [1.82, 2.24) is 5.32 Å². The van der Waals surface area contributed by atoms with Crippen molar-refractivity contribution < 1.29 is 17.9 Å². The second kappa shape index (κ2) is 6.85. The topological polar surface area (TPSA) is 21.3 Å². The van der Waals surface area contributed by atoms with Gasteiger partial charge in [-0.3, -0.25) is 0 Å². The van der Waals surface area contributed by atoms with Gasteiger partial charge in [0.05, 0.1) is 6.54 Å². The van der Waals surface area contributed by atoms with E-state index in [4.69, 9.17) is 16.3 Å². The smallest absolute Gasteiger partial charge is 0.401 e. The van der Waals surface area contributed by atoms with Crippen molar-refractivity contribution in [3.05, 3.63) is 28.8 Å². The zero-order valence-corrected chi connectivity index (χ0v) is 10.7. The van der Waals surface area contributed by atoms with Gasteiger partial charge in [0.1, 0.15) is 12.4 Å². The number of aryl methyl sites for hydroxylation is 1. The lowest BCUT2D eigenvalue weighted by Gasteiger charge is -2.10. The van der Waals surface area contributed by atoms with Crippen LogP contribution in [0.15, 0.2) is 18.2 Å². The maximum absolute atomic E-state index is 11.8. The number of rotatable bonds is 6. The Morgan fingerprint density at radius 2 is 2.06 bits per heavy atom. The normalized spacial score (nSPS) is 11.6. The van der Waals surface area contributed by atoms with E-state index in [2.05, 4.69) is 5.32 Å². The monoisotopic (exact) mass is 281 g/mol. The van der Waals surface area contributed by atoms with Crippen LogP contribution in [0.5, 0.6) is 5.75 Å². The van der Waals surface area contributed by atoms with Crippen LogP contribution in [0.4, 0.5) is 13.2 Å². The first-order chi connectivity index (χ1) is 8.42. The van der Waals surface area contributed by atoms with E-state index in [0.29, 0.717) is 10.8 Å². The third kappa shape index (κ3) is 5.60. The first-order valence-corrected chi connectivity index (χ1v) is 5.99. The molecule has 1 aromatic rings. The summed E-state index contributed by atoms with van der Waals surface area (Å²) in [4.78, 5) is 0. The van der Waals surface area contributed by atoms with Gasteiger partial charge in [-0.2, -0.15) is 13.2 Å². The Bertz CT molecular complexity index is 382. The van der Waals surface area contributed by atoms with Crippen LogP contribution in [0.3, 0.4) is 0 Å². The molecule has 0 spiro atoms. The third-order valence-electron chi connectivity index (χ3n) is 2.27. The van der Waals surface area contributed by atoms with Gasteiger partial charge in [0.2, 0.25) is 0 Å². The van der Waals surface area contributed by atoms with Gasteiger partial charge in [-0.05, 0) is 30.2 Å². The van der Waals surface area contributed by atoms with Crippen LogP contribution < -0.4 is 10.1 Å². The van der Waals surface area contributed by atoms with E-state index in [1.165, 1.54) is 0 Å². The Labute approximate surface area is 109 Å². The van der Waals surface area contributed by atoms with Crippen molar-refractivity contribution in [1.29, 1.82) is 0 Å². The van der Waals surface area contributed by atoms with Gasteiger partial charge in [0.25, 0.3) is 0 Å². The first-order valence-electron chi connectivity index (χ1n) is 5.61. The number of halogens is 4. The van der Waals surface area contributed by atoms with E-state index in [0.717, 1.165) is 12.0 Å². The Kier molecular flexibility index (Phi) is 5.75. The fourth-order valence-corrected chi connectivity index (χ4v) is 1.63. The molecule has 0 aliphatic rings. The highest BCUT2D eigenvalue weighted by Crippen LogP contribution is 2.22. The molecule has 0 amide bonds. The predicted molar refractivity (Wildman–Crippen MR) is 65.2 cm³/mol. The van der Waals surface area contributed by atoms with Gasteiger partial charge in [-0.25, -0.2) is 0 Å². The molecule has 6 heteroatoms. The van der Waals surface area contributed by atoms with E-state index in [1.54, 1.807) is 18.2 Å². The van der Waals surface area contributed by atoms with Crippen LogP contribution in [0, 0.1) is 0 Å². The second-order valence-corrected chi connectivity index (χ2v) is 4.15. The minimum Gasteiger partial charge on any atom is -0.492 e. The molecule has 0 heterocycles. The van der Waals surface area contributed by atoms with Gasteiger partial charge in [-0.1, -0.05) is 18.5 Å². The van der Waals surface area contributed by atoms with E-state index >= 15 is 0 Å². The minimum atomic E-state index is -4.18. The van der Waals surface area contributed by atoms with Crippen LogP contribution in [0.25, 0.3) is 0 Å². The maximum atomic E-state index is 11.8. The standard InChI is InChI=1S/C12H15ClF3NO/c1-2-9-7-10(3-4-11(9)13)18-6-5-17-8-12(14,15)16/h3-4,7,17H,2,5-6,8H2,1H3. The molecular formula is C12H15ClF3NO. The fraction of sp³-hybridized carbons (Fsp3) is 0.500. The first kappa shape index (κ1) is 15.1. The number of ether oxygens (including phenoxy) is 1. The molecule has 18 heavy (non-hydrogen) atoms. The van der Waals surface area contributed by atoms with Gasteiger partial charge >= 0.3 is 6.18 Å². The van der Waals surface area contributed by atoms with Crippen molar-refractivity contribution in [3.63, 3.8) is 0 Å². The van der Waals surface area contributed by atoms with Crippen molar-refractivity contribution in [2.45, 2.75) is 19.5 Å². The van der Waals surface area contributed by atoms with Gasteiger partial charge in [0, 0.05) is 11.6 Å². The summed E-state index contributed by atoms with van der Waals surface area (Å²) in [5.74, 6) is 0.616. The Hall–Kier alpha value is -0.940. The number of benzene rings is 1. The molecule has 0 aliphatic heterocycles. The summed E-state index contributed by atoms with van der Waals surface area (Å²) in [5, 5.41) is 2.93. The molecule has 0 fully saturated rings. The number of nitrogens with one attached hydrogen (secondary N) is 1. The second-order valence-electron chi connectivity index (χ2n) is 3.75. The summed E-state index contributed by atoms with van der Waals surface area (Å²) < 4.78 is 40.8. The Balaban J connectivity index is 2.31. The van der Waals surface area contributed by atoms with Crippen molar-refractivity contribution in [2.24, 2.45) is 0 Å². The quantitative estimate of drug-likeness (QED) is 0.807. The van der Waals surface area contributed by atoms with Crippen LogP contribution >= 0.6 is 11.6 Å². The summed E-state index contributed by atoms with van der Waals surface area (Å²) in [5.41, 5.74) is 0.956.